The summed E-state index contributed by atoms with van der Waals surface area (Å²) in [4.78, 5) is 4.94. The summed E-state index contributed by atoms with van der Waals surface area (Å²) >= 11 is 0. The number of nitrogens with zero attached hydrogens (tertiary/aromatic N) is 2. The van der Waals surface area contributed by atoms with Crippen molar-refractivity contribution in [2.45, 2.75) is 12.1 Å². The van der Waals surface area contributed by atoms with Crippen molar-refractivity contribution in [3.63, 3.8) is 0 Å². The van der Waals surface area contributed by atoms with Crippen molar-refractivity contribution >= 4 is 24.8 Å². The van der Waals surface area contributed by atoms with Gasteiger partial charge in [-0.25, -0.2) is 0 Å². The fourth-order valence-electron chi connectivity index (χ4n) is 4.11. The van der Waals surface area contributed by atoms with Crippen LogP contribution in [-0.2, 0) is 0 Å². The average molecular weight is 445 g/mol. The van der Waals surface area contributed by atoms with Gasteiger partial charge in [-0.2, -0.15) is 0 Å². The van der Waals surface area contributed by atoms with Gasteiger partial charge in [-0.1, -0.05) is 91.0 Å². The largest absolute Gasteiger partial charge is 0.387 e. The fraction of sp³-hybridized carbons (Fsp3) is 0.280. The Bertz CT molecular complexity index is 801. The lowest BCUT2D eigenvalue weighted by Crippen LogP contribution is -2.48. The van der Waals surface area contributed by atoms with Crippen LogP contribution in [0.1, 0.15) is 28.8 Å². The van der Waals surface area contributed by atoms with Crippen molar-refractivity contribution < 1.29 is 5.11 Å². The number of rotatable bonds is 6. The van der Waals surface area contributed by atoms with Crippen molar-refractivity contribution in [1.82, 2.24) is 9.80 Å². The Hall–Kier alpha value is -1.88. The van der Waals surface area contributed by atoms with Gasteiger partial charge < -0.3 is 5.11 Å². The number of aliphatic hydroxyl groups is 1. The smallest absolute Gasteiger partial charge is 0.0916 e. The highest BCUT2D eigenvalue weighted by Gasteiger charge is 2.27. The molecule has 160 valence electrons. The molecule has 1 heterocycles. The monoisotopic (exact) mass is 444 g/mol. The van der Waals surface area contributed by atoms with Gasteiger partial charge in [0.25, 0.3) is 0 Å². The molecule has 1 fully saturated rings. The molecule has 3 aromatic rings. The van der Waals surface area contributed by atoms with Gasteiger partial charge in [0.2, 0.25) is 0 Å². The SMILES string of the molecule is Cl.Cl.OC(CN1CCN(C(c2ccccc2)c2ccccc2)CC1)c1ccccc1. The normalized spacial score (nSPS) is 15.8. The van der Waals surface area contributed by atoms with Gasteiger partial charge >= 0.3 is 0 Å². The van der Waals surface area contributed by atoms with Crippen molar-refractivity contribution in [1.29, 1.82) is 0 Å². The van der Waals surface area contributed by atoms with Crippen molar-refractivity contribution in [2.75, 3.05) is 32.7 Å². The molecule has 1 aliphatic rings. The Morgan fingerprint density at radius 3 is 1.43 bits per heavy atom. The van der Waals surface area contributed by atoms with Gasteiger partial charge in [-0.3, -0.25) is 9.80 Å². The molecule has 1 N–H and O–H groups in total. The van der Waals surface area contributed by atoms with Crippen LogP contribution >= 0.6 is 24.8 Å². The molecular weight excluding hydrogens is 415 g/mol. The second-order valence-corrected chi connectivity index (χ2v) is 7.49. The molecule has 0 saturated carbocycles. The molecule has 0 radical (unpaired) electrons. The quantitative estimate of drug-likeness (QED) is 0.581. The molecule has 4 rings (SSSR count). The second-order valence-electron chi connectivity index (χ2n) is 7.49. The van der Waals surface area contributed by atoms with E-state index in [1.54, 1.807) is 0 Å². The molecule has 5 heteroatoms. The molecule has 30 heavy (non-hydrogen) atoms. The van der Waals surface area contributed by atoms with Crippen LogP contribution in [0.25, 0.3) is 0 Å². The Labute approximate surface area is 192 Å². The molecule has 3 aromatic carbocycles. The first-order chi connectivity index (χ1) is 13.8. The number of piperazine rings is 1. The van der Waals surface area contributed by atoms with E-state index in [0.717, 1.165) is 31.7 Å². The van der Waals surface area contributed by atoms with Crippen LogP contribution < -0.4 is 0 Å². The minimum Gasteiger partial charge on any atom is -0.387 e. The van der Waals surface area contributed by atoms with E-state index in [1.165, 1.54) is 11.1 Å². The number of hydrogen-bond donors (Lipinski definition) is 1. The molecule has 1 saturated heterocycles. The maximum atomic E-state index is 10.5. The van der Waals surface area contributed by atoms with Crippen molar-refractivity contribution in [3.8, 4) is 0 Å². The lowest BCUT2D eigenvalue weighted by Gasteiger charge is -2.40. The second kappa shape index (κ2) is 12.1. The van der Waals surface area contributed by atoms with E-state index in [0.29, 0.717) is 6.54 Å². The lowest BCUT2D eigenvalue weighted by atomic mass is 9.96. The number of β-amino-alcohol motifs (C(OH)–C–C–N with tert-alkyl or cyclic N) is 1. The summed E-state index contributed by atoms with van der Waals surface area (Å²) in [5.41, 5.74) is 3.68. The maximum absolute atomic E-state index is 10.5. The van der Waals surface area contributed by atoms with E-state index < -0.39 is 6.10 Å². The lowest BCUT2D eigenvalue weighted by molar-refractivity contribution is 0.0623. The van der Waals surface area contributed by atoms with Crippen molar-refractivity contribution in [2.24, 2.45) is 0 Å². The van der Waals surface area contributed by atoms with E-state index in [-0.39, 0.29) is 30.9 Å². The predicted octanol–water partition coefficient (Wildman–Crippen LogP) is 4.97. The third kappa shape index (κ3) is 6.07. The van der Waals surface area contributed by atoms with Crippen LogP contribution in [0.2, 0.25) is 0 Å². The van der Waals surface area contributed by atoms with Gasteiger partial charge in [0.05, 0.1) is 12.1 Å². The van der Waals surface area contributed by atoms with Crippen LogP contribution in [0.4, 0.5) is 0 Å². The molecule has 0 aromatic heterocycles. The maximum Gasteiger partial charge on any atom is 0.0916 e. The van der Waals surface area contributed by atoms with Crippen molar-refractivity contribution in [3.05, 3.63) is 108 Å². The molecule has 0 aliphatic carbocycles. The zero-order chi connectivity index (χ0) is 19.2. The van der Waals surface area contributed by atoms with Crippen LogP contribution in [0.15, 0.2) is 91.0 Å². The fourth-order valence-corrected chi connectivity index (χ4v) is 4.11. The van der Waals surface area contributed by atoms with Gasteiger partial charge in [-0.15, -0.1) is 24.8 Å². The minimum absolute atomic E-state index is 0. The highest BCUT2D eigenvalue weighted by molar-refractivity contribution is 5.85. The topological polar surface area (TPSA) is 26.7 Å². The third-order valence-electron chi connectivity index (χ3n) is 5.62. The van der Waals surface area contributed by atoms with E-state index in [1.807, 2.05) is 30.3 Å². The van der Waals surface area contributed by atoms with Crippen LogP contribution in [0.3, 0.4) is 0 Å². The Morgan fingerprint density at radius 2 is 1.00 bits per heavy atom. The molecular formula is C25H30Cl2N2O. The predicted molar refractivity (Wildman–Crippen MR) is 129 cm³/mol. The molecule has 1 atom stereocenters. The number of benzene rings is 3. The first-order valence-corrected chi connectivity index (χ1v) is 10.1. The molecule has 0 amide bonds. The van der Waals surface area contributed by atoms with Gasteiger partial charge in [0.1, 0.15) is 0 Å². The Balaban J connectivity index is 0.00000160. The first kappa shape index (κ1) is 24.4. The standard InChI is InChI=1S/C25H28N2O.2ClH/c28-24(21-10-4-1-5-11-21)20-26-16-18-27(19-17-26)25(22-12-6-2-7-13-22)23-14-8-3-9-15-23;;/h1-15,24-25,28H,16-20H2;2*1H. The average Bonchev–Trinajstić information content (AvgIpc) is 2.77. The van der Waals surface area contributed by atoms with Crippen LogP contribution in [0.5, 0.6) is 0 Å². The van der Waals surface area contributed by atoms with Crippen LogP contribution in [0, 0.1) is 0 Å². The molecule has 3 nitrogen and oxygen atoms in total. The molecule has 0 spiro atoms. The highest BCUT2D eigenvalue weighted by atomic mass is 35.5. The summed E-state index contributed by atoms with van der Waals surface area (Å²) in [6, 6.07) is 31.8. The number of halogens is 2. The summed E-state index contributed by atoms with van der Waals surface area (Å²) < 4.78 is 0. The van der Waals surface area contributed by atoms with Gasteiger partial charge in [0, 0.05) is 32.7 Å². The first-order valence-electron chi connectivity index (χ1n) is 10.1. The van der Waals surface area contributed by atoms with E-state index >= 15 is 0 Å². The van der Waals surface area contributed by atoms with Gasteiger partial charge in [-0.05, 0) is 16.7 Å². The third-order valence-corrected chi connectivity index (χ3v) is 5.62. The highest BCUT2D eigenvalue weighted by Crippen LogP contribution is 2.29. The summed E-state index contributed by atoms with van der Waals surface area (Å²) in [5, 5.41) is 10.5. The Morgan fingerprint density at radius 1 is 0.600 bits per heavy atom. The molecule has 1 unspecified atom stereocenters. The van der Waals surface area contributed by atoms with E-state index in [2.05, 4.69) is 70.5 Å². The summed E-state index contributed by atoms with van der Waals surface area (Å²) in [5.74, 6) is 0. The van der Waals surface area contributed by atoms with Gasteiger partial charge in [0.15, 0.2) is 0 Å². The number of hydrogen-bond acceptors (Lipinski definition) is 3. The minimum atomic E-state index is -0.424. The number of aliphatic hydroxyl groups excluding tert-OH is 1. The molecule has 1 aliphatic heterocycles. The zero-order valence-electron chi connectivity index (χ0n) is 17.0. The summed E-state index contributed by atoms with van der Waals surface area (Å²) in [6.45, 7) is 4.63. The van der Waals surface area contributed by atoms with E-state index in [4.69, 9.17) is 0 Å². The van der Waals surface area contributed by atoms with E-state index in [9.17, 15) is 5.11 Å². The summed E-state index contributed by atoms with van der Waals surface area (Å²) in [7, 11) is 0. The Kier molecular flexibility index (Phi) is 9.83. The summed E-state index contributed by atoms with van der Waals surface area (Å²) in [6.07, 6.45) is -0.424. The zero-order valence-corrected chi connectivity index (χ0v) is 18.6. The molecule has 0 bridgehead atoms. The van der Waals surface area contributed by atoms with Crippen LogP contribution in [-0.4, -0.2) is 47.6 Å².